The standard InChI is InChI=1S/C34H36N4O6S2/c1-17-15-19(3)33(45(41,42)35-7)21(5)29(17)37-25-13-14-26(28-27(25)31(39)23-11-9-10-12-24(23)32(28)40)38-30-18(2)16-20(4)34(22(30)6)46(43,44)36-8/h9-16,35-38H,1-8H3. The summed E-state index contributed by atoms with van der Waals surface area (Å²) >= 11 is 0. The predicted octanol–water partition coefficient (Wildman–Crippen LogP) is 5.62. The Morgan fingerprint density at radius 1 is 0.522 bits per heavy atom. The maximum absolute atomic E-state index is 14.2. The first-order valence-corrected chi connectivity index (χ1v) is 17.5. The van der Waals surface area contributed by atoms with Crippen LogP contribution < -0.4 is 20.1 Å². The van der Waals surface area contributed by atoms with Crippen LogP contribution in [0.25, 0.3) is 0 Å². The SMILES string of the molecule is CNS(=O)(=O)c1c(C)cc(C)c(Nc2ccc(Nc3c(C)cc(C)c(S(=O)(=O)NC)c3C)c3c2C(=O)c2ccccc2C3=O)c1C. The summed E-state index contributed by atoms with van der Waals surface area (Å²) in [6.07, 6.45) is 0. The highest BCUT2D eigenvalue weighted by Crippen LogP contribution is 2.42. The Morgan fingerprint density at radius 2 is 0.870 bits per heavy atom. The molecule has 0 aliphatic heterocycles. The van der Waals surface area contributed by atoms with Crippen molar-refractivity contribution in [2.24, 2.45) is 0 Å². The molecule has 46 heavy (non-hydrogen) atoms. The molecule has 4 N–H and O–H groups in total. The average molecular weight is 661 g/mol. The third kappa shape index (κ3) is 5.30. The maximum Gasteiger partial charge on any atom is 0.240 e. The zero-order valence-electron chi connectivity index (χ0n) is 26.9. The van der Waals surface area contributed by atoms with Crippen molar-refractivity contribution < 1.29 is 26.4 Å². The Balaban J connectivity index is 1.75. The fourth-order valence-corrected chi connectivity index (χ4v) is 8.84. The van der Waals surface area contributed by atoms with E-state index in [1.165, 1.54) is 14.1 Å². The summed E-state index contributed by atoms with van der Waals surface area (Å²) in [5.41, 5.74) is 5.95. The largest absolute Gasteiger partial charge is 0.354 e. The molecule has 0 fully saturated rings. The molecule has 0 radical (unpaired) electrons. The molecule has 12 heteroatoms. The van der Waals surface area contributed by atoms with Gasteiger partial charge in [0.05, 0.1) is 32.3 Å². The zero-order valence-corrected chi connectivity index (χ0v) is 28.5. The van der Waals surface area contributed by atoms with E-state index >= 15 is 0 Å². The van der Waals surface area contributed by atoms with Gasteiger partial charge in [0.1, 0.15) is 0 Å². The summed E-state index contributed by atoms with van der Waals surface area (Å²) in [7, 11) is -4.92. The van der Waals surface area contributed by atoms with E-state index in [0.29, 0.717) is 45.0 Å². The second-order valence-corrected chi connectivity index (χ2v) is 15.1. The molecule has 0 aromatic heterocycles. The van der Waals surface area contributed by atoms with E-state index < -0.39 is 20.0 Å². The van der Waals surface area contributed by atoms with Crippen LogP contribution >= 0.6 is 0 Å². The third-order valence-electron chi connectivity index (χ3n) is 8.47. The van der Waals surface area contributed by atoms with E-state index in [1.807, 2.05) is 13.8 Å². The highest BCUT2D eigenvalue weighted by Gasteiger charge is 2.35. The van der Waals surface area contributed by atoms with Gasteiger partial charge in [-0.15, -0.1) is 0 Å². The molecular formula is C34H36N4O6S2. The molecule has 0 saturated heterocycles. The van der Waals surface area contributed by atoms with E-state index in [9.17, 15) is 26.4 Å². The van der Waals surface area contributed by atoms with Crippen LogP contribution in [0.4, 0.5) is 22.7 Å². The number of carbonyl (C=O) groups excluding carboxylic acids is 2. The van der Waals surface area contributed by atoms with Crippen molar-refractivity contribution in [3.63, 3.8) is 0 Å². The fourth-order valence-electron chi connectivity index (χ4n) is 6.45. The van der Waals surface area contributed by atoms with Gasteiger partial charge in [0, 0.05) is 22.5 Å². The molecule has 0 amide bonds. The Morgan fingerprint density at radius 3 is 1.20 bits per heavy atom. The summed E-state index contributed by atoms with van der Waals surface area (Å²) in [4.78, 5) is 28.6. The number of ketones is 2. The van der Waals surface area contributed by atoms with Crippen LogP contribution in [-0.2, 0) is 20.0 Å². The lowest BCUT2D eigenvalue weighted by molar-refractivity contribution is 0.0980. The number of hydrogen-bond acceptors (Lipinski definition) is 8. The number of hydrogen-bond donors (Lipinski definition) is 4. The Labute approximate surface area is 269 Å². The van der Waals surface area contributed by atoms with Crippen molar-refractivity contribution in [2.75, 3.05) is 24.7 Å². The van der Waals surface area contributed by atoms with Gasteiger partial charge in [-0.3, -0.25) is 9.59 Å². The highest BCUT2D eigenvalue weighted by atomic mass is 32.2. The molecule has 1 aliphatic rings. The maximum atomic E-state index is 14.2. The van der Waals surface area contributed by atoms with Gasteiger partial charge in [0.2, 0.25) is 20.0 Å². The van der Waals surface area contributed by atoms with Crippen molar-refractivity contribution in [3.05, 3.63) is 104 Å². The summed E-state index contributed by atoms with van der Waals surface area (Å²) in [5.74, 6) is -0.754. The van der Waals surface area contributed by atoms with Gasteiger partial charge in [-0.05, 0) is 101 Å². The molecule has 10 nitrogen and oxygen atoms in total. The van der Waals surface area contributed by atoms with Gasteiger partial charge in [-0.1, -0.05) is 36.4 Å². The van der Waals surface area contributed by atoms with Gasteiger partial charge < -0.3 is 10.6 Å². The first-order chi connectivity index (χ1) is 21.5. The number of nitrogens with one attached hydrogen (secondary N) is 4. The number of benzene rings is 4. The Hall–Kier alpha value is -4.36. The topological polar surface area (TPSA) is 151 Å². The van der Waals surface area contributed by atoms with Crippen LogP contribution in [0.15, 0.2) is 58.3 Å². The third-order valence-corrected chi connectivity index (χ3v) is 11.9. The van der Waals surface area contributed by atoms with Crippen molar-refractivity contribution in [1.29, 1.82) is 0 Å². The highest BCUT2D eigenvalue weighted by molar-refractivity contribution is 7.89. The summed E-state index contributed by atoms with van der Waals surface area (Å²) in [5, 5.41) is 6.58. The number of rotatable bonds is 8. The molecule has 0 unspecified atom stereocenters. The van der Waals surface area contributed by atoms with Crippen LogP contribution in [0, 0.1) is 41.5 Å². The number of sulfonamides is 2. The summed E-state index contributed by atoms with van der Waals surface area (Å²) in [6.45, 7) is 10.5. The van der Waals surface area contributed by atoms with Gasteiger partial charge >= 0.3 is 0 Å². The molecule has 0 saturated carbocycles. The molecule has 240 valence electrons. The van der Waals surface area contributed by atoms with Crippen molar-refractivity contribution in [3.8, 4) is 0 Å². The molecule has 1 aliphatic carbocycles. The summed E-state index contributed by atoms with van der Waals surface area (Å²) in [6, 6.07) is 13.4. The van der Waals surface area contributed by atoms with E-state index in [2.05, 4.69) is 20.1 Å². The van der Waals surface area contributed by atoms with Crippen LogP contribution in [0.1, 0.15) is 65.2 Å². The van der Waals surface area contributed by atoms with Crippen LogP contribution in [-0.4, -0.2) is 42.5 Å². The first-order valence-electron chi connectivity index (χ1n) is 14.5. The number of anilines is 4. The van der Waals surface area contributed by atoms with E-state index in [4.69, 9.17) is 0 Å². The van der Waals surface area contributed by atoms with Gasteiger partial charge in [-0.25, -0.2) is 26.3 Å². The average Bonchev–Trinajstić information content (AvgIpc) is 2.99. The molecule has 4 aromatic carbocycles. The molecular weight excluding hydrogens is 625 g/mol. The van der Waals surface area contributed by atoms with Gasteiger partial charge in [0.15, 0.2) is 11.6 Å². The van der Waals surface area contributed by atoms with Crippen molar-refractivity contribution in [2.45, 2.75) is 51.3 Å². The summed E-state index contributed by atoms with van der Waals surface area (Å²) < 4.78 is 56.5. The second kappa shape index (κ2) is 11.8. The predicted molar refractivity (Wildman–Crippen MR) is 180 cm³/mol. The van der Waals surface area contributed by atoms with Crippen molar-refractivity contribution in [1.82, 2.24) is 9.44 Å². The Bertz CT molecular complexity index is 2050. The second-order valence-electron chi connectivity index (χ2n) is 11.5. The number of carbonyl (C=O) groups is 2. The molecule has 5 rings (SSSR count). The Kier molecular flexibility index (Phi) is 8.45. The van der Waals surface area contributed by atoms with Crippen LogP contribution in [0.5, 0.6) is 0 Å². The van der Waals surface area contributed by atoms with Gasteiger partial charge in [0.25, 0.3) is 0 Å². The molecule has 0 heterocycles. The number of aryl methyl sites for hydroxylation is 4. The molecule has 4 aromatic rings. The normalized spacial score (nSPS) is 13.0. The monoisotopic (exact) mass is 660 g/mol. The van der Waals surface area contributed by atoms with Crippen LogP contribution in [0.3, 0.4) is 0 Å². The van der Waals surface area contributed by atoms with Gasteiger partial charge in [-0.2, -0.15) is 0 Å². The molecule has 0 spiro atoms. The quantitative estimate of drug-likeness (QED) is 0.168. The minimum atomic E-state index is -3.80. The lowest BCUT2D eigenvalue weighted by Gasteiger charge is -2.26. The lowest BCUT2D eigenvalue weighted by Crippen LogP contribution is -2.24. The lowest BCUT2D eigenvalue weighted by atomic mass is 9.82. The van der Waals surface area contributed by atoms with Crippen molar-refractivity contribution >= 4 is 54.4 Å². The molecule has 0 atom stereocenters. The number of fused-ring (bicyclic) bond motifs is 2. The minimum Gasteiger partial charge on any atom is -0.354 e. The van der Waals surface area contributed by atoms with Crippen LogP contribution in [0.2, 0.25) is 0 Å². The van der Waals surface area contributed by atoms with E-state index in [1.54, 1.807) is 76.2 Å². The first kappa shape index (κ1) is 33.0. The van der Waals surface area contributed by atoms with E-state index in [0.717, 1.165) is 11.1 Å². The van der Waals surface area contributed by atoms with E-state index in [-0.39, 0.29) is 43.6 Å². The zero-order chi connectivity index (χ0) is 33.9. The smallest absolute Gasteiger partial charge is 0.240 e. The fraction of sp³-hybridized carbons (Fsp3) is 0.235. The minimum absolute atomic E-state index is 0.122. The molecule has 0 bridgehead atoms.